The molecule has 0 spiro atoms. The van der Waals surface area contributed by atoms with Crippen LogP contribution >= 0.6 is 0 Å². The third-order valence-electron chi connectivity index (χ3n) is 16.8. The molecule has 5 nitrogen and oxygen atoms in total. The smallest absolute Gasteiger partial charge is 0.312 e. The Hall–Kier alpha value is -2.73. The van der Waals surface area contributed by atoms with Gasteiger partial charge < -0.3 is 19.3 Å². The van der Waals surface area contributed by atoms with Crippen molar-refractivity contribution >= 4 is 27.5 Å². The average molecular weight is 691 g/mol. The molecule has 1 unspecified atom stereocenters. The Morgan fingerprint density at radius 3 is 2.18 bits per heavy atom. The first kappa shape index (κ1) is 34.1. The summed E-state index contributed by atoms with van der Waals surface area (Å²) in [4.78, 5) is 13.7. The maximum Gasteiger partial charge on any atom is 0.312 e. The minimum Gasteiger partial charge on any atom is -0.469 e. The summed E-state index contributed by atoms with van der Waals surface area (Å²) in [5.41, 5.74) is 2.11. The van der Waals surface area contributed by atoms with E-state index in [4.69, 9.17) is 14.2 Å². The molecule has 11 atom stereocenters. The molecule has 0 aromatic heterocycles. The topological polar surface area (TPSA) is 65.0 Å². The molecule has 0 bridgehead atoms. The molecule has 0 radical (unpaired) electrons. The van der Waals surface area contributed by atoms with E-state index in [2.05, 4.69) is 102 Å². The molecule has 1 N–H and O–H groups in total. The van der Waals surface area contributed by atoms with Gasteiger partial charge in [-0.3, -0.25) is 4.79 Å². The summed E-state index contributed by atoms with van der Waals surface area (Å²) in [5, 5.41) is 17.0. The number of esters is 1. The van der Waals surface area contributed by atoms with Crippen LogP contribution in [0.2, 0.25) is 0 Å². The van der Waals surface area contributed by atoms with Gasteiger partial charge in [0.15, 0.2) is 6.29 Å². The van der Waals surface area contributed by atoms with Gasteiger partial charge in [-0.2, -0.15) is 0 Å². The van der Waals surface area contributed by atoms with Gasteiger partial charge in [-0.15, -0.1) is 0 Å². The number of fused-ring (bicyclic) bond motifs is 11. The normalized spacial score (nSPS) is 44.3. The molecule has 3 aromatic rings. The Morgan fingerprint density at radius 1 is 0.824 bits per heavy atom. The van der Waals surface area contributed by atoms with Gasteiger partial charge in [-0.05, 0) is 125 Å². The van der Waals surface area contributed by atoms with Gasteiger partial charge in [0.2, 0.25) is 0 Å². The third kappa shape index (κ3) is 4.47. The Labute approximate surface area is 304 Å². The molecule has 0 amide bonds. The van der Waals surface area contributed by atoms with Gasteiger partial charge in [0.05, 0.1) is 31.3 Å². The molecule has 9 rings (SSSR count). The number of rotatable bonds is 2. The molecule has 1 aliphatic heterocycles. The highest BCUT2D eigenvalue weighted by Crippen LogP contribution is 2.76. The fourth-order valence-electron chi connectivity index (χ4n) is 14.1. The zero-order chi connectivity index (χ0) is 35.8. The summed E-state index contributed by atoms with van der Waals surface area (Å²) in [6, 6.07) is 19.3. The van der Waals surface area contributed by atoms with Crippen LogP contribution in [0, 0.1) is 50.2 Å². The number of carbonyl (C=O) groups is 1. The van der Waals surface area contributed by atoms with E-state index in [-0.39, 0.29) is 45.1 Å². The van der Waals surface area contributed by atoms with Crippen LogP contribution in [-0.4, -0.2) is 37.0 Å². The SMILES string of the molecule is COC(=O)[C@]12CCC(C)(C)C[C@H]1C1=CC[C@@H]3[C@@]4(C)C[C@@H](O)[C@@H]5OC(c6c7ccccc7cc7ccccc67)OC[C@@]5(C)[C@@H]4CC[C@@]3(C)[C@]1(C)CC2. The number of methoxy groups -OCH3 is 1. The molecule has 272 valence electrons. The van der Waals surface area contributed by atoms with Crippen LogP contribution in [0.5, 0.6) is 0 Å². The highest BCUT2D eigenvalue weighted by atomic mass is 16.7. The fourth-order valence-corrected chi connectivity index (χ4v) is 14.1. The highest BCUT2D eigenvalue weighted by molar-refractivity contribution is 6.02. The van der Waals surface area contributed by atoms with E-state index in [1.165, 1.54) is 10.8 Å². The average Bonchev–Trinajstić information content (AvgIpc) is 3.10. The summed E-state index contributed by atoms with van der Waals surface area (Å²) in [6.45, 7) is 15.3. The van der Waals surface area contributed by atoms with E-state index in [1.807, 2.05) is 0 Å². The second-order valence-corrected chi connectivity index (χ2v) is 19.6. The van der Waals surface area contributed by atoms with Gasteiger partial charge in [0, 0.05) is 11.0 Å². The predicted molar refractivity (Wildman–Crippen MR) is 202 cm³/mol. The maximum absolute atomic E-state index is 13.7. The lowest BCUT2D eigenvalue weighted by Gasteiger charge is -2.72. The molecule has 1 saturated heterocycles. The zero-order valence-electron chi connectivity index (χ0n) is 31.9. The highest BCUT2D eigenvalue weighted by Gasteiger charge is 2.71. The number of ether oxygens (including phenoxy) is 3. The lowest BCUT2D eigenvalue weighted by Crippen LogP contribution is -2.69. The quantitative estimate of drug-likeness (QED) is 0.165. The summed E-state index contributed by atoms with van der Waals surface area (Å²) in [6.07, 6.45) is 10.1. The Morgan fingerprint density at radius 2 is 1.49 bits per heavy atom. The van der Waals surface area contributed by atoms with Crippen molar-refractivity contribution in [1.82, 2.24) is 0 Å². The molecular weight excluding hydrogens is 633 g/mol. The standard InChI is InChI=1S/C46H58O5/c1-41(2)20-22-46(40(48)49-7)23-21-44(5)32(33(46)25-41)16-17-36-42(3)26-34(47)38-43(4,35(42)18-19-45(36,44)6)27-50-39(51-38)37-30-14-10-8-12-28(30)24-29-13-9-11-15-31(29)37/h8-16,24,33-36,38-39,47H,17-23,25-27H2,1-7H3/t33-,34+,35+,36+,38-,39?,42-,43-,44+,45+,46-/m0/s1. The number of hydrogen-bond acceptors (Lipinski definition) is 5. The van der Waals surface area contributed by atoms with Crippen LogP contribution in [0.1, 0.15) is 111 Å². The van der Waals surface area contributed by atoms with Gasteiger partial charge >= 0.3 is 5.97 Å². The molecule has 5 fully saturated rings. The third-order valence-corrected chi connectivity index (χ3v) is 16.8. The monoisotopic (exact) mass is 690 g/mol. The fraction of sp³-hybridized carbons (Fsp3) is 0.630. The van der Waals surface area contributed by atoms with Crippen molar-refractivity contribution in [3.63, 3.8) is 0 Å². The van der Waals surface area contributed by atoms with Crippen LogP contribution in [-0.2, 0) is 19.0 Å². The van der Waals surface area contributed by atoms with E-state index in [0.717, 1.165) is 74.1 Å². The van der Waals surface area contributed by atoms with Gasteiger partial charge in [0.1, 0.15) is 0 Å². The Bertz CT molecular complexity index is 1890. The zero-order valence-corrected chi connectivity index (χ0v) is 31.9. The van der Waals surface area contributed by atoms with Crippen molar-refractivity contribution in [2.75, 3.05) is 13.7 Å². The van der Waals surface area contributed by atoms with Crippen molar-refractivity contribution in [3.8, 4) is 0 Å². The van der Waals surface area contributed by atoms with E-state index >= 15 is 0 Å². The number of carbonyl (C=O) groups excluding carboxylic acids is 1. The second-order valence-electron chi connectivity index (χ2n) is 19.6. The van der Waals surface area contributed by atoms with Crippen molar-refractivity contribution in [3.05, 3.63) is 71.8 Å². The van der Waals surface area contributed by atoms with E-state index in [0.29, 0.717) is 18.4 Å². The number of aliphatic hydroxyl groups is 1. The summed E-state index contributed by atoms with van der Waals surface area (Å²) >= 11 is 0. The molecular formula is C46H58O5. The first-order valence-electron chi connectivity index (χ1n) is 19.9. The Kier molecular flexibility index (Phi) is 7.45. The number of aliphatic hydroxyl groups excluding tert-OH is 1. The molecule has 51 heavy (non-hydrogen) atoms. The minimum atomic E-state index is -0.582. The van der Waals surface area contributed by atoms with Gasteiger partial charge in [0.25, 0.3) is 0 Å². The summed E-state index contributed by atoms with van der Waals surface area (Å²) in [7, 11) is 1.59. The largest absolute Gasteiger partial charge is 0.469 e. The van der Waals surface area contributed by atoms with E-state index < -0.39 is 17.8 Å². The first-order chi connectivity index (χ1) is 24.2. The first-order valence-corrected chi connectivity index (χ1v) is 19.9. The summed E-state index contributed by atoms with van der Waals surface area (Å²) < 4.78 is 19.5. The lowest BCUT2D eigenvalue weighted by atomic mass is 9.33. The van der Waals surface area contributed by atoms with Crippen LogP contribution < -0.4 is 0 Å². The lowest BCUT2D eigenvalue weighted by molar-refractivity contribution is -0.338. The number of allylic oxidation sites excluding steroid dienone is 2. The minimum absolute atomic E-state index is 0.00227. The van der Waals surface area contributed by atoms with Crippen LogP contribution in [0.25, 0.3) is 21.5 Å². The molecule has 5 aliphatic carbocycles. The van der Waals surface area contributed by atoms with Crippen molar-refractivity contribution in [1.29, 1.82) is 0 Å². The molecule has 4 saturated carbocycles. The second kappa shape index (κ2) is 11.1. The maximum atomic E-state index is 13.7. The van der Waals surface area contributed by atoms with Crippen LogP contribution in [0.3, 0.4) is 0 Å². The molecule has 3 aromatic carbocycles. The predicted octanol–water partition coefficient (Wildman–Crippen LogP) is 10.3. The number of benzene rings is 3. The van der Waals surface area contributed by atoms with E-state index in [9.17, 15) is 9.90 Å². The molecule has 1 heterocycles. The number of hydrogen-bond donors (Lipinski definition) is 1. The van der Waals surface area contributed by atoms with Crippen LogP contribution in [0.15, 0.2) is 66.2 Å². The van der Waals surface area contributed by atoms with E-state index in [1.54, 1.807) is 12.7 Å². The van der Waals surface area contributed by atoms with Crippen molar-refractivity contribution in [2.45, 2.75) is 118 Å². The Balaban J connectivity index is 1.07. The summed E-state index contributed by atoms with van der Waals surface area (Å²) in [5.74, 6) is 1.03. The van der Waals surface area contributed by atoms with Crippen molar-refractivity contribution < 1.29 is 24.1 Å². The van der Waals surface area contributed by atoms with Gasteiger partial charge in [-0.25, -0.2) is 0 Å². The molecule has 6 aliphatic rings. The van der Waals surface area contributed by atoms with Gasteiger partial charge in [-0.1, -0.05) is 102 Å². The van der Waals surface area contributed by atoms with Crippen LogP contribution in [0.4, 0.5) is 0 Å². The molecule has 5 heteroatoms. The van der Waals surface area contributed by atoms with Crippen molar-refractivity contribution in [2.24, 2.45) is 50.2 Å².